The molecule has 2 rings (SSSR count). The lowest BCUT2D eigenvalue weighted by atomic mass is 10.2. The van der Waals surface area contributed by atoms with Gasteiger partial charge in [0.15, 0.2) is 0 Å². The molecule has 1 N–H and O–H groups in total. The van der Waals surface area contributed by atoms with Gasteiger partial charge in [-0.1, -0.05) is 24.0 Å². The molecule has 118 valence electrons. The number of nitrogens with zero attached hydrogens (tertiary/aromatic N) is 1. The predicted octanol–water partition coefficient (Wildman–Crippen LogP) is 2.92. The molecule has 0 atom stereocenters. The first-order valence-corrected chi connectivity index (χ1v) is 8.35. The van der Waals surface area contributed by atoms with Crippen molar-refractivity contribution in [1.29, 1.82) is 0 Å². The summed E-state index contributed by atoms with van der Waals surface area (Å²) in [7, 11) is 0. The third-order valence-electron chi connectivity index (χ3n) is 3.01. The van der Waals surface area contributed by atoms with Gasteiger partial charge in [-0.25, -0.2) is 0 Å². The Morgan fingerprint density at radius 3 is 2.83 bits per heavy atom. The fourth-order valence-electron chi connectivity index (χ4n) is 1.82. The van der Waals surface area contributed by atoms with E-state index in [4.69, 9.17) is 4.74 Å². The number of amides is 1. The van der Waals surface area contributed by atoms with Crippen LogP contribution in [0, 0.1) is 18.8 Å². The number of aryl methyl sites for hydroxylation is 1. The molecule has 1 aromatic carbocycles. The lowest BCUT2D eigenvalue weighted by molar-refractivity contribution is 0.0956. The van der Waals surface area contributed by atoms with Crippen LogP contribution in [-0.2, 0) is 0 Å². The van der Waals surface area contributed by atoms with Crippen LogP contribution in [0.5, 0.6) is 5.75 Å². The number of benzene rings is 1. The van der Waals surface area contributed by atoms with Crippen molar-refractivity contribution in [2.45, 2.75) is 11.8 Å². The zero-order chi connectivity index (χ0) is 16.5. The summed E-state index contributed by atoms with van der Waals surface area (Å²) in [5.41, 5.74) is 1.61. The molecule has 1 heterocycles. The third-order valence-corrected chi connectivity index (χ3v) is 3.80. The quantitative estimate of drug-likeness (QED) is 0.678. The van der Waals surface area contributed by atoms with E-state index in [1.54, 1.807) is 18.0 Å². The van der Waals surface area contributed by atoms with Crippen molar-refractivity contribution in [2.24, 2.45) is 0 Å². The van der Waals surface area contributed by atoms with Crippen LogP contribution in [-0.4, -0.2) is 30.3 Å². The van der Waals surface area contributed by atoms with Crippen molar-refractivity contribution in [3.05, 3.63) is 53.9 Å². The Morgan fingerprint density at radius 2 is 2.09 bits per heavy atom. The first kappa shape index (κ1) is 16.9. The molecule has 0 spiro atoms. The van der Waals surface area contributed by atoms with E-state index in [1.807, 2.05) is 49.6 Å². The molecular formula is C18H18N2O2S. The van der Waals surface area contributed by atoms with Gasteiger partial charge < -0.3 is 10.1 Å². The minimum Gasteiger partial charge on any atom is -0.479 e. The van der Waals surface area contributed by atoms with Gasteiger partial charge in [-0.2, -0.15) is 0 Å². The highest BCUT2D eigenvalue weighted by molar-refractivity contribution is 7.98. The maximum atomic E-state index is 12.1. The second-order valence-electron chi connectivity index (χ2n) is 4.66. The van der Waals surface area contributed by atoms with E-state index >= 15 is 0 Å². The van der Waals surface area contributed by atoms with Gasteiger partial charge in [-0.15, -0.1) is 11.8 Å². The monoisotopic (exact) mass is 326 g/mol. The van der Waals surface area contributed by atoms with Crippen LogP contribution in [0.2, 0.25) is 0 Å². The average molecular weight is 326 g/mol. The van der Waals surface area contributed by atoms with Crippen molar-refractivity contribution in [2.75, 3.05) is 19.4 Å². The van der Waals surface area contributed by atoms with E-state index < -0.39 is 0 Å². The van der Waals surface area contributed by atoms with Gasteiger partial charge >= 0.3 is 0 Å². The van der Waals surface area contributed by atoms with Gasteiger partial charge in [0.2, 0.25) is 0 Å². The molecule has 0 aliphatic carbocycles. The summed E-state index contributed by atoms with van der Waals surface area (Å²) in [6.07, 6.45) is 3.61. The van der Waals surface area contributed by atoms with Crippen LogP contribution in [0.4, 0.5) is 0 Å². The normalized spacial score (nSPS) is 9.65. The molecule has 0 saturated heterocycles. The second-order valence-corrected chi connectivity index (χ2v) is 5.51. The Labute approximate surface area is 140 Å². The molecule has 0 saturated carbocycles. The SMILES string of the molecule is CSc1ccccc1C(=O)NCC#CCOc1ccc(C)nc1. The van der Waals surface area contributed by atoms with E-state index in [0.29, 0.717) is 11.3 Å². The molecule has 0 aliphatic heterocycles. The van der Waals surface area contributed by atoms with Crippen LogP contribution in [0.25, 0.3) is 0 Å². The Bertz CT molecular complexity index is 718. The number of thioether (sulfide) groups is 1. The van der Waals surface area contributed by atoms with E-state index in [2.05, 4.69) is 22.1 Å². The highest BCUT2D eigenvalue weighted by atomic mass is 32.2. The summed E-state index contributed by atoms with van der Waals surface area (Å²) in [5, 5.41) is 2.79. The molecule has 0 fully saturated rings. The zero-order valence-electron chi connectivity index (χ0n) is 13.1. The first-order valence-electron chi connectivity index (χ1n) is 7.13. The largest absolute Gasteiger partial charge is 0.479 e. The summed E-state index contributed by atoms with van der Waals surface area (Å²) >= 11 is 1.55. The molecular weight excluding hydrogens is 308 g/mol. The van der Waals surface area contributed by atoms with E-state index in [0.717, 1.165) is 10.6 Å². The Kier molecular flexibility index (Phi) is 6.52. The van der Waals surface area contributed by atoms with Crippen LogP contribution < -0.4 is 10.1 Å². The van der Waals surface area contributed by atoms with Crippen molar-refractivity contribution >= 4 is 17.7 Å². The highest BCUT2D eigenvalue weighted by Gasteiger charge is 2.08. The number of hydrogen-bond acceptors (Lipinski definition) is 4. The smallest absolute Gasteiger partial charge is 0.253 e. The Hall–Kier alpha value is -2.45. The molecule has 0 unspecified atom stereocenters. The number of pyridine rings is 1. The number of carbonyl (C=O) groups excluding carboxylic acids is 1. The van der Waals surface area contributed by atoms with Crippen LogP contribution >= 0.6 is 11.8 Å². The minimum absolute atomic E-state index is 0.118. The summed E-state index contributed by atoms with van der Waals surface area (Å²) in [5.74, 6) is 6.30. The molecule has 1 amide bonds. The van der Waals surface area contributed by atoms with Gasteiger partial charge in [0.25, 0.3) is 5.91 Å². The van der Waals surface area contributed by atoms with Gasteiger partial charge in [-0.05, 0) is 37.4 Å². The van der Waals surface area contributed by atoms with Gasteiger partial charge in [-0.3, -0.25) is 9.78 Å². The number of nitrogens with one attached hydrogen (secondary N) is 1. The van der Waals surface area contributed by atoms with Crippen molar-refractivity contribution in [3.8, 4) is 17.6 Å². The Balaban J connectivity index is 1.77. The zero-order valence-corrected chi connectivity index (χ0v) is 13.9. The number of aromatic nitrogens is 1. The second kappa shape index (κ2) is 8.86. The summed E-state index contributed by atoms with van der Waals surface area (Å²) in [4.78, 5) is 17.2. The van der Waals surface area contributed by atoms with Crippen molar-refractivity contribution < 1.29 is 9.53 Å². The molecule has 2 aromatic rings. The number of ether oxygens (including phenoxy) is 1. The van der Waals surface area contributed by atoms with Gasteiger partial charge in [0.1, 0.15) is 12.4 Å². The van der Waals surface area contributed by atoms with Crippen molar-refractivity contribution in [3.63, 3.8) is 0 Å². The van der Waals surface area contributed by atoms with Crippen molar-refractivity contribution in [1.82, 2.24) is 10.3 Å². The summed E-state index contributed by atoms with van der Waals surface area (Å²) in [6, 6.07) is 11.2. The molecule has 5 heteroatoms. The molecule has 1 aromatic heterocycles. The van der Waals surface area contributed by atoms with Gasteiger partial charge in [0, 0.05) is 10.6 Å². The number of carbonyl (C=O) groups is 1. The molecule has 23 heavy (non-hydrogen) atoms. The summed E-state index contributed by atoms with van der Waals surface area (Å²) < 4.78 is 5.44. The molecule has 0 radical (unpaired) electrons. The lowest BCUT2D eigenvalue weighted by Gasteiger charge is -2.06. The third kappa shape index (κ3) is 5.35. The average Bonchev–Trinajstić information content (AvgIpc) is 2.59. The van der Waals surface area contributed by atoms with Crippen LogP contribution in [0.3, 0.4) is 0 Å². The van der Waals surface area contributed by atoms with Crippen LogP contribution in [0.15, 0.2) is 47.5 Å². The predicted molar refractivity (Wildman–Crippen MR) is 92.8 cm³/mol. The van der Waals surface area contributed by atoms with Gasteiger partial charge in [0.05, 0.1) is 18.3 Å². The molecule has 0 bridgehead atoms. The summed E-state index contributed by atoms with van der Waals surface area (Å²) in [6.45, 7) is 2.47. The molecule has 0 aliphatic rings. The maximum absolute atomic E-state index is 12.1. The topological polar surface area (TPSA) is 51.2 Å². The van der Waals surface area contributed by atoms with E-state index in [9.17, 15) is 4.79 Å². The number of rotatable bonds is 5. The Morgan fingerprint density at radius 1 is 1.26 bits per heavy atom. The first-order chi connectivity index (χ1) is 11.2. The molecule has 4 nitrogen and oxygen atoms in total. The fourth-order valence-corrected chi connectivity index (χ4v) is 2.42. The highest BCUT2D eigenvalue weighted by Crippen LogP contribution is 2.19. The maximum Gasteiger partial charge on any atom is 0.253 e. The lowest BCUT2D eigenvalue weighted by Crippen LogP contribution is -2.24. The fraction of sp³-hybridized carbons (Fsp3) is 0.222. The standard InChI is InChI=1S/C18H18N2O2S/c1-14-9-10-15(13-20-14)22-12-6-5-11-19-18(21)16-7-3-4-8-17(16)23-2/h3-4,7-10,13H,11-12H2,1-2H3,(H,19,21). The minimum atomic E-state index is -0.118. The van der Waals surface area contributed by atoms with E-state index in [1.165, 1.54) is 0 Å². The number of hydrogen-bond donors (Lipinski definition) is 1. The van der Waals surface area contributed by atoms with Crippen LogP contribution in [0.1, 0.15) is 16.1 Å². The van der Waals surface area contributed by atoms with E-state index in [-0.39, 0.29) is 19.1 Å².